The first-order chi connectivity index (χ1) is 11.2. The molecule has 0 spiro atoms. The van der Waals surface area contributed by atoms with Crippen LogP contribution >= 0.6 is 0 Å². The third-order valence-electron chi connectivity index (χ3n) is 3.86. The van der Waals surface area contributed by atoms with Gasteiger partial charge in [0.05, 0.1) is 21.3 Å². The van der Waals surface area contributed by atoms with Gasteiger partial charge in [-0.2, -0.15) is 0 Å². The molecule has 4 heteroatoms. The third kappa shape index (κ3) is 2.63. The smallest absolute Gasteiger partial charge is 0.168 e. The van der Waals surface area contributed by atoms with Gasteiger partial charge < -0.3 is 19.3 Å². The highest BCUT2D eigenvalue weighted by molar-refractivity contribution is 6.02. The average molecular weight is 310 g/mol. The van der Waals surface area contributed by atoms with Crippen LogP contribution in [-0.4, -0.2) is 26.4 Å². The van der Waals surface area contributed by atoms with Gasteiger partial charge in [-0.05, 0) is 52.9 Å². The second kappa shape index (κ2) is 6.08. The molecule has 0 aliphatic rings. The number of phenols is 1. The summed E-state index contributed by atoms with van der Waals surface area (Å²) in [5.74, 6) is 2.20. The summed E-state index contributed by atoms with van der Waals surface area (Å²) in [5.41, 5.74) is 1.91. The molecule has 3 aromatic rings. The predicted molar refractivity (Wildman–Crippen MR) is 90.7 cm³/mol. The lowest BCUT2D eigenvalue weighted by Gasteiger charge is -2.14. The number of hydrogen-bond donors (Lipinski definition) is 1. The molecule has 23 heavy (non-hydrogen) atoms. The summed E-state index contributed by atoms with van der Waals surface area (Å²) in [6.07, 6.45) is 0. The van der Waals surface area contributed by atoms with Crippen LogP contribution in [0.4, 0.5) is 0 Å². The number of rotatable bonds is 4. The molecule has 0 heterocycles. The van der Waals surface area contributed by atoms with E-state index in [0.29, 0.717) is 11.5 Å². The number of ether oxygens (including phenoxy) is 3. The molecule has 0 unspecified atom stereocenters. The molecule has 0 aliphatic carbocycles. The molecule has 0 radical (unpaired) electrons. The van der Waals surface area contributed by atoms with Gasteiger partial charge in [-0.3, -0.25) is 0 Å². The summed E-state index contributed by atoms with van der Waals surface area (Å²) >= 11 is 0. The topological polar surface area (TPSA) is 47.9 Å². The SMILES string of the molecule is COc1ccc(-c2cc(O)cc3c(OC)c(OC)ccc23)cc1. The second-order valence-electron chi connectivity index (χ2n) is 5.12. The Morgan fingerprint density at radius 3 is 2.09 bits per heavy atom. The first-order valence-electron chi connectivity index (χ1n) is 7.20. The average Bonchev–Trinajstić information content (AvgIpc) is 2.60. The van der Waals surface area contributed by atoms with E-state index < -0.39 is 0 Å². The van der Waals surface area contributed by atoms with Crippen molar-refractivity contribution in [3.63, 3.8) is 0 Å². The van der Waals surface area contributed by atoms with Crippen molar-refractivity contribution in [3.8, 4) is 34.1 Å². The van der Waals surface area contributed by atoms with Crippen molar-refractivity contribution in [2.75, 3.05) is 21.3 Å². The van der Waals surface area contributed by atoms with Crippen LogP contribution < -0.4 is 14.2 Å². The molecular weight excluding hydrogens is 292 g/mol. The Morgan fingerprint density at radius 1 is 0.739 bits per heavy atom. The molecule has 3 rings (SSSR count). The summed E-state index contributed by atoms with van der Waals surface area (Å²) in [5, 5.41) is 11.9. The number of benzene rings is 3. The molecular formula is C19H18O4. The lowest BCUT2D eigenvalue weighted by molar-refractivity contribution is 0.358. The van der Waals surface area contributed by atoms with Crippen molar-refractivity contribution >= 4 is 10.8 Å². The van der Waals surface area contributed by atoms with E-state index in [9.17, 15) is 5.11 Å². The minimum absolute atomic E-state index is 0.176. The molecule has 0 aliphatic heterocycles. The molecule has 0 fully saturated rings. The third-order valence-corrected chi connectivity index (χ3v) is 3.86. The van der Waals surface area contributed by atoms with E-state index in [2.05, 4.69) is 0 Å². The molecule has 0 amide bonds. The van der Waals surface area contributed by atoms with E-state index in [1.807, 2.05) is 36.4 Å². The van der Waals surface area contributed by atoms with Crippen LogP contribution in [0.25, 0.3) is 21.9 Å². The zero-order valence-electron chi connectivity index (χ0n) is 13.3. The van der Waals surface area contributed by atoms with Crippen LogP contribution in [0.15, 0.2) is 48.5 Å². The van der Waals surface area contributed by atoms with E-state index in [0.717, 1.165) is 27.6 Å². The standard InChI is InChI=1S/C19H18O4/c1-21-14-6-4-12(5-7-14)16-10-13(20)11-17-15(16)8-9-18(22-2)19(17)23-3/h4-11,20H,1-3H3. The van der Waals surface area contributed by atoms with Crippen LogP contribution in [0, 0.1) is 0 Å². The highest BCUT2D eigenvalue weighted by atomic mass is 16.5. The minimum Gasteiger partial charge on any atom is -0.508 e. The van der Waals surface area contributed by atoms with Crippen molar-refractivity contribution in [2.24, 2.45) is 0 Å². The minimum atomic E-state index is 0.176. The lowest BCUT2D eigenvalue weighted by Crippen LogP contribution is -1.92. The van der Waals surface area contributed by atoms with Crippen LogP contribution in [-0.2, 0) is 0 Å². The quantitative estimate of drug-likeness (QED) is 0.783. The Hall–Kier alpha value is -2.88. The highest BCUT2D eigenvalue weighted by Gasteiger charge is 2.14. The number of methoxy groups -OCH3 is 3. The van der Waals surface area contributed by atoms with Crippen molar-refractivity contribution < 1.29 is 19.3 Å². The van der Waals surface area contributed by atoms with E-state index >= 15 is 0 Å². The van der Waals surface area contributed by atoms with Gasteiger partial charge in [0, 0.05) is 5.39 Å². The Bertz CT molecular complexity index is 838. The molecule has 0 atom stereocenters. The first-order valence-corrected chi connectivity index (χ1v) is 7.20. The highest BCUT2D eigenvalue weighted by Crippen LogP contribution is 2.41. The zero-order chi connectivity index (χ0) is 16.4. The van der Waals surface area contributed by atoms with E-state index in [-0.39, 0.29) is 5.75 Å². The Kier molecular flexibility index (Phi) is 3.98. The molecule has 3 aromatic carbocycles. The van der Waals surface area contributed by atoms with Gasteiger partial charge in [-0.15, -0.1) is 0 Å². The molecule has 0 saturated carbocycles. The van der Waals surface area contributed by atoms with Crippen molar-refractivity contribution in [3.05, 3.63) is 48.5 Å². The number of phenolic OH excluding ortho intramolecular Hbond substituents is 1. The normalized spacial score (nSPS) is 10.6. The van der Waals surface area contributed by atoms with Gasteiger partial charge in [-0.1, -0.05) is 12.1 Å². The van der Waals surface area contributed by atoms with Gasteiger partial charge in [0.25, 0.3) is 0 Å². The fourth-order valence-electron chi connectivity index (χ4n) is 2.75. The Morgan fingerprint density at radius 2 is 1.48 bits per heavy atom. The summed E-state index contributed by atoms with van der Waals surface area (Å²) < 4.78 is 16.0. The van der Waals surface area contributed by atoms with Gasteiger partial charge >= 0.3 is 0 Å². The predicted octanol–water partition coefficient (Wildman–Crippen LogP) is 4.24. The summed E-state index contributed by atoms with van der Waals surface area (Å²) in [4.78, 5) is 0. The summed E-state index contributed by atoms with van der Waals surface area (Å²) in [7, 11) is 4.82. The molecule has 4 nitrogen and oxygen atoms in total. The molecule has 0 saturated heterocycles. The van der Waals surface area contributed by atoms with Gasteiger partial charge in [-0.25, -0.2) is 0 Å². The molecule has 1 N–H and O–H groups in total. The monoisotopic (exact) mass is 310 g/mol. The van der Waals surface area contributed by atoms with E-state index in [1.165, 1.54) is 0 Å². The van der Waals surface area contributed by atoms with E-state index in [1.54, 1.807) is 33.5 Å². The summed E-state index contributed by atoms with van der Waals surface area (Å²) in [6, 6.07) is 15.0. The van der Waals surface area contributed by atoms with Crippen molar-refractivity contribution in [1.82, 2.24) is 0 Å². The number of aromatic hydroxyl groups is 1. The number of fused-ring (bicyclic) bond motifs is 1. The van der Waals surface area contributed by atoms with E-state index in [4.69, 9.17) is 14.2 Å². The fraction of sp³-hybridized carbons (Fsp3) is 0.158. The first kappa shape index (κ1) is 15.0. The van der Waals surface area contributed by atoms with Crippen molar-refractivity contribution in [1.29, 1.82) is 0 Å². The Balaban J connectivity index is 2.28. The summed E-state index contributed by atoms with van der Waals surface area (Å²) in [6.45, 7) is 0. The largest absolute Gasteiger partial charge is 0.508 e. The van der Waals surface area contributed by atoms with Gasteiger partial charge in [0.2, 0.25) is 0 Å². The maximum Gasteiger partial charge on any atom is 0.168 e. The fourth-order valence-corrected chi connectivity index (χ4v) is 2.75. The molecule has 118 valence electrons. The van der Waals surface area contributed by atoms with Gasteiger partial charge in [0.1, 0.15) is 11.5 Å². The van der Waals surface area contributed by atoms with Gasteiger partial charge in [0.15, 0.2) is 11.5 Å². The lowest BCUT2D eigenvalue weighted by atomic mass is 9.97. The maximum atomic E-state index is 10.1. The van der Waals surface area contributed by atoms with Crippen LogP contribution in [0.3, 0.4) is 0 Å². The Labute approximate surface area is 134 Å². The maximum absolute atomic E-state index is 10.1. The van der Waals surface area contributed by atoms with Crippen molar-refractivity contribution in [2.45, 2.75) is 0 Å². The van der Waals surface area contributed by atoms with Crippen LogP contribution in [0.5, 0.6) is 23.0 Å². The zero-order valence-corrected chi connectivity index (χ0v) is 13.3. The van der Waals surface area contributed by atoms with Crippen LogP contribution in [0.1, 0.15) is 0 Å². The molecule has 0 aromatic heterocycles. The van der Waals surface area contributed by atoms with Crippen LogP contribution in [0.2, 0.25) is 0 Å². The molecule has 0 bridgehead atoms. The second-order valence-corrected chi connectivity index (χ2v) is 5.12. The number of hydrogen-bond acceptors (Lipinski definition) is 4.